The Bertz CT molecular complexity index is 1100. The minimum Gasteiger partial charge on any atom is -0.493 e. The number of anilines is 2. The van der Waals surface area contributed by atoms with E-state index in [4.69, 9.17) is 14.2 Å². The lowest BCUT2D eigenvalue weighted by molar-refractivity contribution is 0.00695. The molecule has 1 saturated carbocycles. The fourth-order valence-electron chi connectivity index (χ4n) is 3.71. The first-order valence-corrected chi connectivity index (χ1v) is 11.7. The summed E-state index contributed by atoms with van der Waals surface area (Å²) in [6.45, 7) is 6.19. The zero-order chi connectivity index (χ0) is 24.1. The standard InChI is InChI=1S/C28H32N2O4/c1-28(2,3)34-27(31)21-10-12-22(13-11-21)30(19-20-7-6-16-29-18-20)23-14-15-25(32-4)26(17-23)33-24-8-5-9-24/h6-7,10-18,24H,5,8-9,19H2,1-4H3. The molecular weight excluding hydrogens is 428 g/mol. The first kappa shape index (κ1) is 23.6. The molecule has 0 radical (unpaired) electrons. The Morgan fingerprint density at radius 3 is 2.35 bits per heavy atom. The highest BCUT2D eigenvalue weighted by molar-refractivity contribution is 5.90. The van der Waals surface area contributed by atoms with Gasteiger partial charge in [-0.25, -0.2) is 4.79 Å². The lowest BCUT2D eigenvalue weighted by atomic mass is 9.96. The lowest BCUT2D eigenvalue weighted by Crippen LogP contribution is -2.25. The van der Waals surface area contributed by atoms with Gasteiger partial charge in [0.15, 0.2) is 11.5 Å². The maximum absolute atomic E-state index is 12.5. The number of nitrogens with zero attached hydrogens (tertiary/aromatic N) is 2. The first-order chi connectivity index (χ1) is 16.3. The number of aromatic nitrogens is 1. The van der Waals surface area contributed by atoms with Crippen molar-refractivity contribution in [3.63, 3.8) is 0 Å². The van der Waals surface area contributed by atoms with Gasteiger partial charge in [-0.05, 0) is 88.1 Å². The van der Waals surface area contributed by atoms with Gasteiger partial charge in [-0.3, -0.25) is 4.98 Å². The summed E-state index contributed by atoms with van der Waals surface area (Å²) in [6, 6.07) is 17.4. The topological polar surface area (TPSA) is 60.9 Å². The van der Waals surface area contributed by atoms with Crippen LogP contribution in [0.4, 0.5) is 11.4 Å². The summed E-state index contributed by atoms with van der Waals surface area (Å²) in [5, 5.41) is 0. The van der Waals surface area contributed by atoms with E-state index in [-0.39, 0.29) is 12.1 Å². The molecule has 0 aliphatic heterocycles. The summed E-state index contributed by atoms with van der Waals surface area (Å²) in [7, 11) is 1.66. The Morgan fingerprint density at radius 2 is 1.76 bits per heavy atom. The third-order valence-corrected chi connectivity index (χ3v) is 5.68. The van der Waals surface area contributed by atoms with Crippen molar-refractivity contribution >= 4 is 17.3 Å². The summed E-state index contributed by atoms with van der Waals surface area (Å²) >= 11 is 0. The van der Waals surface area contributed by atoms with Crippen molar-refractivity contribution in [1.29, 1.82) is 0 Å². The van der Waals surface area contributed by atoms with Crippen LogP contribution in [-0.4, -0.2) is 29.8 Å². The van der Waals surface area contributed by atoms with E-state index in [0.717, 1.165) is 41.3 Å². The van der Waals surface area contributed by atoms with Crippen LogP contribution in [0.1, 0.15) is 56.0 Å². The molecule has 2 aromatic carbocycles. The number of hydrogen-bond acceptors (Lipinski definition) is 6. The number of benzene rings is 2. The smallest absolute Gasteiger partial charge is 0.338 e. The van der Waals surface area contributed by atoms with Crippen molar-refractivity contribution in [2.45, 2.75) is 58.3 Å². The summed E-state index contributed by atoms with van der Waals surface area (Å²) in [6.07, 6.45) is 7.20. The number of pyridine rings is 1. The SMILES string of the molecule is COc1ccc(N(Cc2cccnc2)c2ccc(C(=O)OC(C)(C)C)cc2)cc1OC1CCC1. The highest BCUT2D eigenvalue weighted by Crippen LogP contribution is 2.38. The van der Waals surface area contributed by atoms with Crippen LogP contribution in [0, 0.1) is 0 Å². The van der Waals surface area contributed by atoms with E-state index in [9.17, 15) is 4.79 Å². The fraction of sp³-hybridized carbons (Fsp3) is 0.357. The molecule has 0 spiro atoms. The van der Waals surface area contributed by atoms with Crippen molar-refractivity contribution in [3.05, 3.63) is 78.1 Å². The Kier molecular flexibility index (Phi) is 7.06. The van der Waals surface area contributed by atoms with Gasteiger partial charge in [0.1, 0.15) is 5.60 Å². The van der Waals surface area contributed by atoms with E-state index in [2.05, 4.69) is 9.88 Å². The van der Waals surface area contributed by atoms with Gasteiger partial charge in [0.25, 0.3) is 0 Å². The van der Waals surface area contributed by atoms with E-state index in [0.29, 0.717) is 12.1 Å². The number of esters is 1. The maximum atomic E-state index is 12.5. The second-order valence-corrected chi connectivity index (χ2v) is 9.50. The van der Waals surface area contributed by atoms with Crippen molar-refractivity contribution in [2.75, 3.05) is 12.0 Å². The molecule has 6 heteroatoms. The number of methoxy groups -OCH3 is 1. The average molecular weight is 461 g/mol. The van der Waals surface area contributed by atoms with Gasteiger partial charge in [-0.2, -0.15) is 0 Å². The van der Waals surface area contributed by atoms with Crippen LogP contribution in [0.15, 0.2) is 67.0 Å². The second-order valence-electron chi connectivity index (χ2n) is 9.50. The van der Waals surface area contributed by atoms with Crippen LogP contribution in [0.25, 0.3) is 0 Å². The van der Waals surface area contributed by atoms with Crippen molar-refractivity contribution in [2.24, 2.45) is 0 Å². The third kappa shape index (κ3) is 5.87. The van der Waals surface area contributed by atoms with Crippen LogP contribution < -0.4 is 14.4 Å². The van der Waals surface area contributed by atoms with E-state index in [1.807, 2.05) is 69.4 Å². The van der Waals surface area contributed by atoms with Gasteiger partial charge in [0, 0.05) is 36.4 Å². The number of hydrogen-bond donors (Lipinski definition) is 0. The summed E-state index contributed by atoms with van der Waals surface area (Å²) in [5.41, 5.74) is 2.95. The molecule has 0 atom stereocenters. The molecule has 1 fully saturated rings. The molecule has 1 aliphatic carbocycles. The molecule has 4 rings (SSSR count). The summed E-state index contributed by atoms with van der Waals surface area (Å²) < 4.78 is 17.3. The van der Waals surface area contributed by atoms with Crippen molar-refractivity contribution < 1.29 is 19.0 Å². The number of carbonyl (C=O) groups is 1. The van der Waals surface area contributed by atoms with Crippen molar-refractivity contribution in [1.82, 2.24) is 4.98 Å². The van der Waals surface area contributed by atoms with Crippen LogP contribution in [0.3, 0.4) is 0 Å². The molecule has 3 aromatic rings. The highest BCUT2D eigenvalue weighted by atomic mass is 16.6. The monoisotopic (exact) mass is 460 g/mol. The van der Waals surface area contributed by atoms with Gasteiger partial charge in [0.05, 0.1) is 18.8 Å². The Balaban J connectivity index is 1.66. The molecule has 0 saturated heterocycles. The summed E-state index contributed by atoms with van der Waals surface area (Å²) in [5.74, 6) is 1.13. The number of carbonyl (C=O) groups excluding carboxylic acids is 1. The second kappa shape index (κ2) is 10.2. The molecule has 1 heterocycles. The normalized spacial score (nSPS) is 13.6. The Labute approximate surface area is 201 Å². The first-order valence-electron chi connectivity index (χ1n) is 11.7. The largest absolute Gasteiger partial charge is 0.493 e. The van der Waals surface area contributed by atoms with Crippen LogP contribution in [0.5, 0.6) is 11.5 Å². The van der Waals surface area contributed by atoms with Gasteiger partial charge in [-0.1, -0.05) is 6.07 Å². The van der Waals surface area contributed by atoms with E-state index in [1.54, 1.807) is 25.4 Å². The Hall–Kier alpha value is -3.54. The molecule has 1 aromatic heterocycles. The third-order valence-electron chi connectivity index (χ3n) is 5.68. The predicted octanol–water partition coefficient (Wildman–Crippen LogP) is 6.32. The van der Waals surface area contributed by atoms with Gasteiger partial charge in [-0.15, -0.1) is 0 Å². The van der Waals surface area contributed by atoms with E-state index in [1.165, 1.54) is 6.42 Å². The zero-order valence-electron chi connectivity index (χ0n) is 20.3. The Morgan fingerprint density at radius 1 is 1.03 bits per heavy atom. The summed E-state index contributed by atoms with van der Waals surface area (Å²) in [4.78, 5) is 18.9. The van der Waals surface area contributed by atoms with Crippen LogP contribution in [-0.2, 0) is 11.3 Å². The highest BCUT2D eigenvalue weighted by Gasteiger charge is 2.22. The molecule has 0 N–H and O–H groups in total. The molecule has 0 bridgehead atoms. The van der Waals surface area contributed by atoms with Gasteiger partial charge in [0.2, 0.25) is 0 Å². The van der Waals surface area contributed by atoms with E-state index < -0.39 is 5.60 Å². The van der Waals surface area contributed by atoms with Crippen molar-refractivity contribution in [3.8, 4) is 11.5 Å². The molecule has 34 heavy (non-hydrogen) atoms. The fourth-order valence-corrected chi connectivity index (χ4v) is 3.71. The maximum Gasteiger partial charge on any atom is 0.338 e. The van der Waals surface area contributed by atoms with Crippen LogP contribution >= 0.6 is 0 Å². The number of rotatable bonds is 8. The molecular formula is C28H32N2O4. The molecule has 0 amide bonds. The predicted molar refractivity (Wildman–Crippen MR) is 133 cm³/mol. The molecule has 1 aliphatic rings. The molecule has 178 valence electrons. The minimum absolute atomic E-state index is 0.240. The van der Waals surface area contributed by atoms with Gasteiger partial charge >= 0.3 is 5.97 Å². The van der Waals surface area contributed by atoms with E-state index >= 15 is 0 Å². The molecule has 6 nitrogen and oxygen atoms in total. The average Bonchev–Trinajstić information content (AvgIpc) is 2.79. The zero-order valence-corrected chi connectivity index (χ0v) is 20.3. The van der Waals surface area contributed by atoms with Crippen LogP contribution in [0.2, 0.25) is 0 Å². The lowest BCUT2D eigenvalue weighted by Gasteiger charge is -2.29. The quantitative estimate of drug-likeness (QED) is 0.367. The van der Waals surface area contributed by atoms with Gasteiger partial charge < -0.3 is 19.1 Å². The number of ether oxygens (including phenoxy) is 3. The molecule has 0 unspecified atom stereocenters. The minimum atomic E-state index is -0.540.